The first-order chi connectivity index (χ1) is 9.20. The molecule has 0 saturated carbocycles. The molecule has 3 heteroatoms. The summed E-state index contributed by atoms with van der Waals surface area (Å²) in [6.45, 7) is 5.26. The van der Waals surface area contributed by atoms with Crippen molar-refractivity contribution < 1.29 is 0 Å². The second kappa shape index (κ2) is 6.83. The Balaban J connectivity index is 2.24. The van der Waals surface area contributed by atoms with Crippen LogP contribution in [0.2, 0.25) is 0 Å². The number of aryl methyl sites for hydroxylation is 1. The minimum absolute atomic E-state index is 0.335. The lowest BCUT2D eigenvalue weighted by Crippen LogP contribution is -2.23. The molecule has 1 heterocycles. The summed E-state index contributed by atoms with van der Waals surface area (Å²) in [7, 11) is 0. The number of nitrogens with zero attached hydrogens (tertiary/aromatic N) is 1. The molecule has 0 aliphatic rings. The first kappa shape index (κ1) is 14.2. The van der Waals surface area contributed by atoms with E-state index < -0.39 is 0 Å². The molecule has 100 valence electrons. The van der Waals surface area contributed by atoms with Crippen LogP contribution in [0, 0.1) is 6.92 Å². The minimum atomic E-state index is 0.335. The number of aromatic nitrogens is 1. The van der Waals surface area contributed by atoms with Crippen LogP contribution in [-0.4, -0.2) is 11.5 Å². The molecule has 1 unspecified atom stereocenters. The Hall–Kier alpha value is -1.19. The van der Waals surface area contributed by atoms with E-state index in [1.54, 1.807) is 0 Å². The number of likely N-dealkylation sites (N-methyl/N-ethyl adjacent to an activating group) is 1. The lowest BCUT2D eigenvalue weighted by molar-refractivity contribution is 0.546. The molecular weight excluding hydrogens is 300 g/mol. The van der Waals surface area contributed by atoms with Gasteiger partial charge in [-0.25, -0.2) is 0 Å². The molecule has 0 bridgehead atoms. The van der Waals surface area contributed by atoms with Crippen LogP contribution in [-0.2, 0) is 6.42 Å². The molecule has 2 nitrogen and oxygen atoms in total. The summed E-state index contributed by atoms with van der Waals surface area (Å²) < 4.78 is 1.13. The van der Waals surface area contributed by atoms with E-state index in [-0.39, 0.29) is 0 Å². The van der Waals surface area contributed by atoms with Gasteiger partial charge in [0.25, 0.3) is 0 Å². The Morgan fingerprint density at radius 1 is 1.32 bits per heavy atom. The van der Waals surface area contributed by atoms with Crippen molar-refractivity contribution in [2.75, 3.05) is 6.54 Å². The van der Waals surface area contributed by atoms with Gasteiger partial charge >= 0.3 is 0 Å². The maximum absolute atomic E-state index is 4.19. The molecule has 1 aromatic heterocycles. The number of nitrogens with one attached hydrogen (secondary N) is 1. The summed E-state index contributed by atoms with van der Waals surface area (Å²) in [5, 5.41) is 3.56. The highest BCUT2D eigenvalue weighted by Gasteiger charge is 2.13. The first-order valence-corrected chi connectivity index (χ1v) is 7.38. The molecule has 0 amide bonds. The molecule has 1 atom stereocenters. The van der Waals surface area contributed by atoms with Gasteiger partial charge in [-0.15, -0.1) is 0 Å². The van der Waals surface area contributed by atoms with Crippen LogP contribution in [0.15, 0.2) is 47.2 Å². The highest BCUT2D eigenvalue weighted by atomic mass is 79.9. The lowest BCUT2D eigenvalue weighted by atomic mass is 9.96. The summed E-state index contributed by atoms with van der Waals surface area (Å²) in [5.41, 5.74) is 3.92. The van der Waals surface area contributed by atoms with Crippen LogP contribution < -0.4 is 5.32 Å². The molecule has 0 fully saturated rings. The number of rotatable bonds is 5. The van der Waals surface area contributed by atoms with E-state index in [0.29, 0.717) is 6.04 Å². The maximum Gasteiger partial charge on any atom is 0.0363 e. The van der Waals surface area contributed by atoms with Crippen molar-refractivity contribution in [1.29, 1.82) is 0 Å². The molecule has 2 rings (SSSR count). The third-order valence-electron chi connectivity index (χ3n) is 3.22. The summed E-state index contributed by atoms with van der Waals surface area (Å²) in [4.78, 5) is 4.19. The zero-order valence-electron chi connectivity index (χ0n) is 11.4. The molecule has 0 aliphatic heterocycles. The van der Waals surface area contributed by atoms with Crippen molar-refractivity contribution >= 4 is 15.9 Å². The van der Waals surface area contributed by atoms with Gasteiger partial charge in [0.05, 0.1) is 0 Å². The smallest absolute Gasteiger partial charge is 0.0363 e. The third-order valence-corrected chi connectivity index (χ3v) is 3.71. The first-order valence-electron chi connectivity index (χ1n) is 6.59. The molecule has 2 aromatic rings. The summed E-state index contributed by atoms with van der Waals surface area (Å²) >= 11 is 3.52. The molecule has 0 radical (unpaired) electrons. The van der Waals surface area contributed by atoms with Crippen LogP contribution in [0.4, 0.5) is 0 Å². The molecule has 0 saturated heterocycles. The number of benzene rings is 1. The number of hydrogen-bond donors (Lipinski definition) is 1. The predicted molar refractivity (Wildman–Crippen MR) is 83.2 cm³/mol. The van der Waals surface area contributed by atoms with E-state index in [1.807, 2.05) is 18.5 Å². The van der Waals surface area contributed by atoms with Crippen LogP contribution in [0.5, 0.6) is 0 Å². The van der Waals surface area contributed by atoms with Crippen molar-refractivity contribution in [3.05, 3.63) is 63.9 Å². The minimum Gasteiger partial charge on any atom is -0.310 e. The highest BCUT2D eigenvalue weighted by Crippen LogP contribution is 2.24. The third kappa shape index (κ3) is 3.88. The molecule has 19 heavy (non-hydrogen) atoms. The van der Waals surface area contributed by atoms with Crippen LogP contribution in [0.3, 0.4) is 0 Å². The Kier molecular flexibility index (Phi) is 5.11. The van der Waals surface area contributed by atoms with E-state index in [1.165, 1.54) is 16.7 Å². The van der Waals surface area contributed by atoms with E-state index >= 15 is 0 Å². The van der Waals surface area contributed by atoms with Gasteiger partial charge in [0.1, 0.15) is 0 Å². The quantitative estimate of drug-likeness (QED) is 0.899. The lowest BCUT2D eigenvalue weighted by Gasteiger charge is -2.20. The summed E-state index contributed by atoms with van der Waals surface area (Å²) in [5.74, 6) is 0. The second-order valence-electron chi connectivity index (χ2n) is 4.68. The average molecular weight is 319 g/mol. The maximum atomic E-state index is 4.19. The van der Waals surface area contributed by atoms with Crippen molar-refractivity contribution in [2.45, 2.75) is 26.3 Å². The van der Waals surface area contributed by atoms with Gasteiger partial charge in [-0.3, -0.25) is 4.98 Å². The predicted octanol–water partition coefficient (Wildman–Crippen LogP) is 4.05. The Labute approximate surface area is 123 Å². The Morgan fingerprint density at radius 2 is 2.16 bits per heavy atom. The van der Waals surface area contributed by atoms with Crippen LogP contribution in [0.1, 0.15) is 29.7 Å². The normalized spacial score (nSPS) is 12.4. The monoisotopic (exact) mass is 318 g/mol. The molecule has 1 aromatic carbocycles. The molecule has 0 aliphatic carbocycles. The van der Waals surface area contributed by atoms with Crippen molar-refractivity contribution in [2.24, 2.45) is 0 Å². The van der Waals surface area contributed by atoms with Crippen LogP contribution >= 0.6 is 15.9 Å². The molecular formula is C16H19BrN2. The van der Waals surface area contributed by atoms with Gasteiger partial charge in [-0.1, -0.05) is 35.0 Å². The number of hydrogen-bond acceptors (Lipinski definition) is 2. The molecule has 0 spiro atoms. The highest BCUT2D eigenvalue weighted by molar-refractivity contribution is 9.10. The van der Waals surface area contributed by atoms with Crippen LogP contribution in [0.25, 0.3) is 0 Å². The van der Waals surface area contributed by atoms with E-state index in [2.05, 4.69) is 64.3 Å². The van der Waals surface area contributed by atoms with E-state index in [4.69, 9.17) is 0 Å². The number of halogens is 1. The fourth-order valence-corrected chi connectivity index (χ4v) is 2.80. The summed E-state index contributed by atoms with van der Waals surface area (Å²) in [6, 6.07) is 10.9. The van der Waals surface area contributed by atoms with Gasteiger partial charge in [-0.2, -0.15) is 0 Å². The van der Waals surface area contributed by atoms with Crippen molar-refractivity contribution in [3.8, 4) is 0 Å². The SMILES string of the molecule is CCNC(Cc1cccnc1)c1ccc(Br)cc1C. The Bertz CT molecular complexity index is 526. The van der Waals surface area contributed by atoms with Gasteiger partial charge < -0.3 is 5.32 Å². The topological polar surface area (TPSA) is 24.9 Å². The number of pyridine rings is 1. The van der Waals surface area contributed by atoms with Crippen molar-refractivity contribution in [3.63, 3.8) is 0 Å². The largest absolute Gasteiger partial charge is 0.310 e. The average Bonchev–Trinajstić information content (AvgIpc) is 2.39. The summed E-state index contributed by atoms with van der Waals surface area (Å²) in [6.07, 6.45) is 4.72. The van der Waals surface area contributed by atoms with E-state index in [9.17, 15) is 0 Å². The zero-order chi connectivity index (χ0) is 13.7. The second-order valence-corrected chi connectivity index (χ2v) is 5.59. The van der Waals surface area contributed by atoms with Gasteiger partial charge in [0.2, 0.25) is 0 Å². The fraction of sp³-hybridized carbons (Fsp3) is 0.312. The Morgan fingerprint density at radius 3 is 2.79 bits per heavy atom. The molecule has 1 N–H and O–H groups in total. The van der Waals surface area contributed by atoms with Crippen molar-refractivity contribution in [1.82, 2.24) is 10.3 Å². The van der Waals surface area contributed by atoms with Gasteiger partial charge in [0.15, 0.2) is 0 Å². The van der Waals surface area contributed by atoms with E-state index in [0.717, 1.165) is 17.4 Å². The standard InChI is InChI=1S/C16H19BrN2/c1-3-19-16(10-13-5-4-8-18-11-13)15-7-6-14(17)9-12(15)2/h4-9,11,16,19H,3,10H2,1-2H3. The zero-order valence-corrected chi connectivity index (χ0v) is 12.9. The van der Waals surface area contributed by atoms with Gasteiger partial charge in [0, 0.05) is 22.9 Å². The van der Waals surface area contributed by atoms with Gasteiger partial charge in [-0.05, 0) is 54.8 Å². The fourth-order valence-electron chi connectivity index (χ4n) is 2.32.